The first-order chi connectivity index (χ1) is 14.6. The molecule has 0 saturated heterocycles. The molecule has 1 aromatic carbocycles. The van der Waals surface area contributed by atoms with E-state index >= 15 is 0 Å². The minimum absolute atomic E-state index is 0.0564. The lowest BCUT2D eigenvalue weighted by atomic mass is 9.76. The molecule has 1 N–H and O–H groups in total. The van der Waals surface area contributed by atoms with E-state index in [2.05, 4.69) is 5.32 Å². The van der Waals surface area contributed by atoms with Crippen molar-refractivity contribution in [1.29, 1.82) is 0 Å². The summed E-state index contributed by atoms with van der Waals surface area (Å²) < 4.78 is 12.1. The lowest BCUT2D eigenvalue weighted by Crippen LogP contribution is -2.27. The molecular weight excluding hydrogens is 400 g/mol. The van der Waals surface area contributed by atoms with Gasteiger partial charge in [-0.15, -0.1) is 0 Å². The minimum atomic E-state index is -0.698. The third-order valence-corrected chi connectivity index (χ3v) is 5.27. The Morgan fingerprint density at radius 2 is 1.97 bits per heavy atom. The molecule has 0 aliphatic carbocycles. The van der Waals surface area contributed by atoms with Gasteiger partial charge in [-0.3, -0.25) is 14.8 Å². The first-order valence-electron chi connectivity index (χ1n) is 10.0. The molecule has 31 heavy (non-hydrogen) atoms. The number of anilines is 1. The number of ether oxygens (including phenoxy) is 2. The van der Waals surface area contributed by atoms with Crippen molar-refractivity contribution in [2.24, 2.45) is 7.05 Å². The molecule has 1 atom stereocenters. The summed E-state index contributed by atoms with van der Waals surface area (Å²) in [6.07, 6.45) is 0. The molecule has 0 bridgehead atoms. The third-order valence-electron chi connectivity index (χ3n) is 5.27. The van der Waals surface area contributed by atoms with Gasteiger partial charge in [-0.1, -0.05) is 39.0 Å². The Balaban J connectivity index is 2.28. The highest BCUT2D eigenvalue weighted by molar-refractivity contribution is 5.95. The van der Waals surface area contributed by atoms with Gasteiger partial charge in [-0.05, 0) is 6.92 Å². The smallest absolute Gasteiger partial charge is 0.336 e. The number of nitrogens with zero attached hydrogens (tertiary/aromatic N) is 3. The van der Waals surface area contributed by atoms with Crippen molar-refractivity contribution < 1.29 is 19.2 Å². The van der Waals surface area contributed by atoms with Gasteiger partial charge in [0, 0.05) is 42.5 Å². The fourth-order valence-corrected chi connectivity index (χ4v) is 3.90. The summed E-state index contributed by atoms with van der Waals surface area (Å²) in [6, 6.07) is 6.49. The van der Waals surface area contributed by atoms with Crippen molar-refractivity contribution in [2.45, 2.75) is 39.0 Å². The highest BCUT2D eigenvalue weighted by Gasteiger charge is 2.42. The summed E-state index contributed by atoms with van der Waals surface area (Å²) >= 11 is 0. The van der Waals surface area contributed by atoms with Crippen molar-refractivity contribution in [3.8, 4) is 0 Å². The second-order valence-electron chi connectivity index (χ2n) is 8.53. The summed E-state index contributed by atoms with van der Waals surface area (Å²) in [7, 11) is 3.33. The zero-order chi connectivity index (χ0) is 22.9. The van der Waals surface area contributed by atoms with Crippen LogP contribution in [-0.2, 0) is 26.7 Å². The van der Waals surface area contributed by atoms with Gasteiger partial charge in [-0.2, -0.15) is 5.10 Å². The van der Waals surface area contributed by atoms with Crippen molar-refractivity contribution >= 4 is 17.5 Å². The quantitative estimate of drug-likeness (QED) is 0.324. The molecule has 1 aliphatic rings. The molecule has 1 unspecified atom stereocenters. The predicted molar refractivity (Wildman–Crippen MR) is 116 cm³/mol. The first kappa shape index (κ1) is 22.5. The number of nitro benzene ring substituents is 1. The van der Waals surface area contributed by atoms with Crippen molar-refractivity contribution in [3.05, 3.63) is 62.5 Å². The molecule has 0 saturated carbocycles. The number of fused-ring (bicyclic) bond motifs is 1. The van der Waals surface area contributed by atoms with Gasteiger partial charge in [0.1, 0.15) is 12.4 Å². The number of methoxy groups -OCH3 is 1. The number of aryl methyl sites for hydroxylation is 1. The van der Waals surface area contributed by atoms with Crippen LogP contribution >= 0.6 is 0 Å². The summed E-state index contributed by atoms with van der Waals surface area (Å²) in [5, 5.41) is 19.8. The predicted octanol–water partition coefficient (Wildman–Crippen LogP) is 3.65. The van der Waals surface area contributed by atoms with Crippen molar-refractivity contribution in [1.82, 2.24) is 9.78 Å². The maximum atomic E-state index is 13.2. The Hall–Kier alpha value is -3.20. The lowest BCUT2D eigenvalue weighted by molar-refractivity contribution is -0.385. The van der Waals surface area contributed by atoms with Crippen LogP contribution in [0.4, 0.5) is 11.5 Å². The van der Waals surface area contributed by atoms with Crippen LogP contribution in [0.15, 0.2) is 35.5 Å². The number of benzene rings is 1. The van der Waals surface area contributed by atoms with Crippen LogP contribution in [0, 0.1) is 10.1 Å². The zero-order valence-corrected chi connectivity index (χ0v) is 18.7. The largest absolute Gasteiger partial charge is 0.460 e. The number of hydrogen-bond acceptors (Lipinski definition) is 7. The Morgan fingerprint density at radius 1 is 1.29 bits per heavy atom. The molecule has 9 nitrogen and oxygen atoms in total. The SMILES string of the molecule is COCCOC(=O)C1=C(C)Nc2c(c(C(C)(C)C)nn2C)C1c1ccccc1[N+](=O)[O-]. The van der Waals surface area contributed by atoms with Crippen LogP contribution < -0.4 is 5.32 Å². The molecule has 0 amide bonds. The van der Waals surface area contributed by atoms with Crippen LogP contribution in [0.2, 0.25) is 0 Å². The summed E-state index contributed by atoms with van der Waals surface area (Å²) in [5.41, 5.74) is 2.42. The fourth-order valence-electron chi connectivity index (χ4n) is 3.90. The van der Waals surface area contributed by atoms with E-state index in [9.17, 15) is 14.9 Å². The Bertz CT molecular complexity index is 1050. The number of hydrogen-bond donors (Lipinski definition) is 1. The number of carbonyl (C=O) groups is 1. The Kier molecular flexibility index (Phi) is 6.17. The van der Waals surface area contributed by atoms with Crippen LogP contribution in [0.5, 0.6) is 0 Å². The summed E-state index contributed by atoms with van der Waals surface area (Å²) in [6.45, 7) is 8.17. The average molecular weight is 428 g/mol. The van der Waals surface area contributed by atoms with Crippen molar-refractivity contribution in [2.75, 3.05) is 25.6 Å². The number of para-hydroxylation sites is 1. The third kappa shape index (κ3) is 4.18. The topological polar surface area (TPSA) is 109 Å². The van der Waals surface area contributed by atoms with E-state index in [0.717, 1.165) is 11.3 Å². The molecule has 1 aliphatic heterocycles. The number of esters is 1. The number of nitro groups is 1. The summed E-state index contributed by atoms with van der Waals surface area (Å²) in [5.74, 6) is -0.533. The maximum Gasteiger partial charge on any atom is 0.336 e. The van der Waals surface area contributed by atoms with Gasteiger partial charge in [0.25, 0.3) is 5.69 Å². The molecule has 9 heteroatoms. The molecular formula is C22H28N4O5. The van der Waals surface area contributed by atoms with Gasteiger partial charge in [0.05, 0.1) is 28.7 Å². The van der Waals surface area contributed by atoms with Crippen LogP contribution in [0.1, 0.15) is 50.4 Å². The fraction of sp³-hybridized carbons (Fsp3) is 0.455. The van der Waals surface area contributed by atoms with E-state index in [-0.39, 0.29) is 24.3 Å². The lowest BCUT2D eigenvalue weighted by Gasteiger charge is -2.30. The maximum absolute atomic E-state index is 13.2. The molecule has 166 valence electrons. The highest BCUT2D eigenvalue weighted by Crippen LogP contribution is 2.48. The number of carbonyl (C=O) groups excluding carboxylic acids is 1. The molecule has 2 heterocycles. The average Bonchev–Trinajstić information content (AvgIpc) is 3.03. The van der Waals surface area contributed by atoms with E-state index in [1.54, 1.807) is 29.8 Å². The molecule has 2 aromatic rings. The molecule has 0 radical (unpaired) electrons. The highest BCUT2D eigenvalue weighted by atomic mass is 16.6. The van der Waals surface area contributed by atoms with Crippen molar-refractivity contribution in [3.63, 3.8) is 0 Å². The Morgan fingerprint density at radius 3 is 2.58 bits per heavy atom. The monoisotopic (exact) mass is 428 g/mol. The van der Waals surface area contributed by atoms with Gasteiger partial charge >= 0.3 is 5.97 Å². The number of aromatic nitrogens is 2. The molecule has 1 aromatic heterocycles. The Labute approximate surface area is 181 Å². The number of nitrogens with one attached hydrogen (secondary N) is 1. The van der Waals surface area contributed by atoms with E-state index in [0.29, 0.717) is 22.7 Å². The second-order valence-corrected chi connectivity index (χ2v) is 8.53. The van der Waals surface area contributed by atoms with E-state index in [4.69, 9.17) is 14.6 Å². The second kappa shape index (κ2) is 8.50. The molecule has 3 rings (SSSR count). The van der Waals surface area contributed by atoms with E-state index in [1.807, 2.05) is 27.8 Å². The standard InChI is InChI=1S/C22H28N4O5/c1-13-16(21(27)31-12-11-30-6)17(14-9-7-8-10-15(14)26(28)29)18-19(22(2,3)4)24-25(5)20(18)23-13/h7-10,17,23H,11-12H2,1-6H3. The van der Waals surface area contributed by atoms with Gasteiger partial charge < -0.3 is 14.8 Å². The number of rotatable bonds is 6. The number of allylic oxidation sites excluding steroid dienone is 1. The van der Waals surface area contributed by atoms with Crippen LogP contribution in [0.25, 0.3) is 0 Å². The first-order valence-corrected chi connectivity index (χ1v) is 10.0. The molecule has 0 fully saturated rings. The van der Waals surface area contributed by atoms with Crippen LogP contribution in [0.3, 0.4) is 0 Å². The van der Waals surface area contributed by atoms with Gasteiger partial charge in [0.15, 0.2) is 0 Å². The summed E-state index contributed by atoms with van der Waals surface area (Å²) in [4.78, 5) is 24.6. The van der Waals surface area contributed by atoms with E-state index < -0.39 is 16.8 Å². The van der Waals surface area contributed by atoms with Gasteiger partial charge in [0.2, 0.25) is 0 Å². The zero-order valence-electron chi connectivity index (χ0n) is 18.7. The van der Waals surface area contributed by atoms with Crippen LogP contribution in [-0.4, -0.2) is 41.0 Å². The normalized spacial score (nSPS) is 16.0. The minimum Gasteiger partial charge on any atom is -0.460 e. The molecule has 0 spiro atoms. The van der Waals surface area contributed by atoms with Gasteiger partial charge in [-0.25, -0.2) is 4.79 Å². The van der Waals surface area contributed by atoms with E-state index in [1.165, 1.54) is 13.2 Å².